The Balaban J connectivity index is 2.03. The number of nitrogens with zero attached hydrogens (tertiary/aromatic N) is 1. The summed E-state index contributed by atoms with van der Waals surface area (Å²) in [4.78, 5) is 12.5. The van der Waals surface area contributed by atoms with Crippen LogP contribution in [-0.2, 0) is 14.8 Å². The third kappa shape index (κ3) is 5.52. The molecule has 30 heavy (non-hydrogen) atoms. The number of nitrogens with one attached hydrogen (secondary N) is 1. The van der Waals surface area contributed by atoms with Crippen LogP contribution in [0.25, 0.3) is 0 Å². The first-order valence-electron chi connectivity index (χ1n) is 9.90. The number of hydrogen-bond donors (Lipinski definition) is 1. The van der Waals surface area contributed by atoms with Crippen molar-refractivity contribution in [3.05, 3.63) is 53.6 Å². The van der Waals surface area contributed by atoms with Crippen molar-refractivity contribution in [1.29, 1.82) is 0 Å². The lowest BCUT2D eigenvalue weighted by Crippen LogP contribution is -2.31. The molecule has 0 aliphatic rings. The fourth-order valence-electron chi connectivity index (χ4n) is 3.19. The van der Waals surface area contributed by atoms with E-state index in [1.807, 2.05) is 31.2 Å². The van der Waals surface area contributed by atoms with Crippen molar-refractivity contribution in [1.82, 2.24) is 9.62 Å². The number of carbonyl (C=O) groups is 1. The van der Waals surface area contributed by atoms with Crippen molar-refractivity contribution in [2.75, 3.05) is 26.8 Å². The third-order valence-corrected chi connectivity index (χ3v) is 6.88. The number of sulfonamides is 1. The van der Waals surface area contributed by atoms with Gasteiger partial charge in [0, 0.05) is 18.7 Å². The summed E-state index contributed by atoms with van der Waals surface area (Å²) in [5, 5.41) is 2.88. The lowest BCUT2D eigenvalue weighted by Gasteiger charge is -2.19. The van der Waals surface area contributed by atoms with E-state index in [4.69, 9.17) is 9.47 Å². The lowest BCUT2D eigenvalue weighted by atomic mass is 10.1. The van der Waals surface area contributed by atoms with Gasteiger partial charge in [0.15, 0.2) is 6.61 Å². The van der Waals surface area contributed by atoms with Crippen LogP contribution >= 0.6 is 0 Å². The lowest BCUT2D eigenvalue weighted by molar-refractivity contribution is -0.123. The number of methoxy groups -OCH3 is 1. The second-order valence-electron chi connectivity index (χ2n) is 6.84. The Morgan fingerprint density at radius 3 is 2.37 bits per heavy atom. The molecule has 0 radical (unpaired) electrons. The van der Waals surface area contributed by atoms with Gasteiger partial charge in [-0.3, -0.25) is 4.79 Å². The van der Waals surface area contributed by atoms with E-state index in [2.05, 4.69) is 5.32 Å². The maximum atomic E-state index is 12.6. The molecule has 2 aromatic rings. The molecule has 0 saturated carbocycles. The van der Waals surface area contributed by atoms with Crippen LogP contribution in [-0.4, -0.2) is 45.4 Å². The van der Waals surface area contributed by atoms with Gasteiger partial charge >= 0.3 is 0 Å². The van der Waals surface area contributed by atoms with Crippen LogP contribution in [0, 0.1) is 6.92 Å². The van der Waals surface area contributed by atoms with Crippen LogP contribution < -0.4 is 14.8 Å². The molecule has 0 spiro atoms. The molecular weight excluding hydrogens is 404 g/mol. The van der Waals surface area contributed by atoms with Gasteiger partial charge in [0.05, 0.1) is 18.0 Å². The van der Waals surface area contributed by atoms with Gasteiger partial charge in [0.2, 0.25) is 10.0 Å². The largest absolute Gasteiger partial charge is 0.496 e. The van der Waals surface area contributed by atoms with Gasteiger partial charge in [-0.1, -0.05) is 32.0 Å². The van der Waals surface area contributed by atoms with E-state index in [1.165, 1.54) is 10.4 Å². The molecule has 0 heterocycles. The highest BCUT2D eigenvalue weighted by Crippen LogP contribution is 2.25. The Kier molecular flexibility index (Phi) is 8.25. The van der Waals surface area contributed by atoms with E-state index in [0.717, 1.165) is 5.56 Å². The van der Waals surface area contributed by atoms with Crippen molar-refractivity contribution < 1.29 is 22.7 Å². The van der Waals surface area contributed by atoms with Gasteiger partial charge in [-0.2, -0.15) is 4.31 Å². The van der Waals surface area contributed by atoms with Gasteiger partial charge in [-0.25, -0.2) is 8.42 Å². The Morgan fingerprint density at radius 2 is 1.77 bits per heavy atom. The van der Waals surface area contributed by atoms with Gasteiger partial charge in [0.1, 0.15) is 11.5 Å². The molecule has 1 N–H and O–H groups in total. The molecule has 2 rings (SSSR count). The standard InChI is InChI=1S/C22H30N2O5S/c1-6-24(7-2)30(26,27)18-12-13-20(16(3)14-18)29-15-22(25)23-17(4)19-10-8-9-11-21(19)28-5/h8-14,17H,6-7,15H2,1-5H3,(H,23,25)/t17-/m0/s1. The van der Waals surface area contributed by atoms with Crippen LogP contribution in [0.1, 0.15) is 37.9 Å². The molecule has 1 atom stereocenters. The molecule has 0 unspecified atom stereocenters. The molecule has 1 amide bonds. The first-order valence-corrected chi connectivity index (χ1v) is 11.3. The molecule has 0 aromatic heterocycles. The van der Waals surface area contributed by atoms with E-state index < -0.39 is 10.0 Å². The van der Waals surface area contributed by atoms with E-state index in [1.54, 1.807) is 40.0 Å². The Hall–Kier alpha value is -2.58. The van der Waals surface area contributed by atoms with E-state index in [-0.39, 0.29) is 23.5 Å². The van der Waals surface area contributed by atoms with Crippen LogP contribution in [0.5, 0.6) is 11.5 Å². The average Bonchev–Trinajstić information content (AvgIpc) is 2.73. The smallest absolute Gasteiger partial charge is 0.258 e. The highest BCUT2D eigenvalue weighted by Gasteiger charge is 2.22. The first-order chi connectivity index (χ1) is 14.2. The zero-order chi connectivity index (χ0) is 22.3. The predicted octanol–water partition coefficient (Wildman–Crippen LogP) is 3.29. The second kappa shape index (κ2) is 10.4. The minimum Gasteiger partial charge on any atom is -0.496 e. The highest BCUT2D eigenvalue weighted by atomic mass is 32.2. The summed E-state index contributed by atoms with van der Waals surface area (Å²) in [6, 6.07) is 11.9. The topological polar surface area (TPSA) is 84.9 Å². The van der Waals surface area contributed by atoms with Gasteiger partial charge in [-0.15, -0.1) is 0 Å². The Bertz CT molecular complexity index is 971. The van der Waals surface area contributed by atoms with Crippen molar-refractivity contribution in [3.63, 3.8) is 0 Å². The molecule has 0 saturated heterocycles. The molecule has 8 heteroatoms. The fourth-order valence-corrected chi connectivity index (χ4v) is 4.73. The number of ether oxygens (including phenoxy) is 2. The number of para-hydroxylation sites is 1. The van der Waals surface area contributed by atoms with E-state index in [9.17, 15) is 13.2 Å². The molecule has 164 valence electrons. The molecule has 2 aromatic carbocycles. The van der Waals surface area contributed by atoms with Crippen LogP contribution in [0.2, 0.25) is 0 Å². The highest BCUT2D eigenvalue weighted by molar-refractivity contribution is 7.89. The summed E-state index contributed by atoms with van der Waals surface area (Å²) < 4.78 is 37.6. The Morgan fingerprint density at radius 1 is 1.10 bits per heavy atom. The summed E-state index contributed by atoms with van der Waals surface area (Å²) >= 11 is 0. The molecule has 0 fully saturated rings. The molecular formula is C22H30N2O5S. The predicted molar refractivity (Wildman–Crippen MR) is 116 cm³/mol. The minimum absolute atomic E-state index is 0.178. The monoisotopic (exact) mass is 434 g/mol. The quantitative estimate of drug-likeness (QED) is 0.620. The molecule has 0 aliphatic carbocycles. The zero-order valence-corrected chi connectivity index (χ0v) is 19.0. The SMILES string of the molecule is CCN(CC)S(=O)(=O)c1ccc(OCC(=O)N[C@@H](C)c2ccccc2OC)c(C)c1. The van der Waals surface area contributed by atoms with Crippen LogP contribution in [0.4, 0.5) is 0 Å². The summed E-state index contributed by atoms with van der Waals surface area (Å²) in [6.07, 6.45) is 0. The fraction of sp³-hybridized carbons (Fsp3) is 0.409. The number of benzene rings is 2. The van der Waals surface area contributed by atoms with Crippen molar-refractivity contribution in [3.8, 4) is 11.5 Å². The minimum atomic E-state index is -3.54. The van der Waals surface area contributed by atoms with E-state index in [0.29, 0.717) is 30.2 Å². The number of rotatable bonds is 10. The number of amides is 1. The molecule has 0 aliphatic heterocycles. The summed E-state index contributed by atoms with van der Waals surface area (Å²) in [6.45, 7) is 7.86. The van der Waals surface area contributed by atoms with Crippen molar-refractivity contribution in [2.24, 2.45) is 0 Å². The maximum absolute atomic E-state index is 12.6. The van der Waals surface area contributed by atoms with Crippen LogP contribution in [0.3, 0.4) is 0 Å². The molecule has 0 bridgehead atoms. The van der Waals surface area contributed by atoms with E-state index >= 15 is 0 Å². The maximum Gasteiger partial charge on any atom is 0.258 e. The zero-order valence-electron chi connectivity index (χ0n) is 18.1. The van der Waals surface area contributed by atoms with Crippen LogP contribution in [0.15, 0.2) is 47.4 Å². The second-order valence-corrected chi connectivity index (χ2v) is 8.77. The van der Waals surface area contributed by atoms with Gasteiger partial charge in [0.25, 0.3) is 5.91 Å². The summed E-state index contributed by atoms with van der Waals surface area (Å²) in [5.74, 6) is 0.883. The summed E-state index contributed by atoms with van der Waals surface area (Å²) in [5.41, 5.74) is 1.52. The first kappa shape index (κ1) is 23.7. The third-order valence-electron chi connectivity index (χ3n) is 4.83. The molecule has 7 nitrogen and oxygen atoms in total. The average molecular weight is 435 g/mol. The Labute approximate surface area is 179 Å². The van der Waals surface area contributed by atoms with Crippen molar-refractivity contribution >= 4 is 15.9 Å². The van der Waals surface area contributed by atoms with Crippen molar-refractivity contribution in [2.45, 2.75) is 38.6 Å². The number of hydrogen-bond acceptors (Lipinski definition) is 5. The van der Waals surface area contributed by atoms with Gasteiger partial charge in [-0.05, 0) is 43.7 Å². The number of aryl methyl sites for hydroxylation is 1. The summed E-state index contributed by atoms with van der Waals surface area (Å²) in [7, 11) is -1.95. The number of carbonyl (C=O) groups excluding carboxylic acids is 1. The normalized spacial score (nSPS) is 12.5. The van der Waals surface area contributed by atoms with Gasteiger partial charge < -0.3 is 14.8 Å².